The Hall–Kier alpha value is -2.13. The summed E-state index contributed by atoms with van der Waals surface area (Å²) in [5, 5.41) is 0. The largest absolute Gasteiger partial charge is 0.495 e. The van der Waals surface area contributed by atoms with E-state index in [1.165, 1.54) is 0 Å². The Kier molecular flexibility index (Phi) is 5.53. The minimum absolute atomic E-state index is 0.472. The third-order valence-electron chi connectivity index (χ3n) is 5.84. The highest BCUT2D eigenvalue weighted by Gasteiger charge is 2.53. The zero-order valence-electron chi connectivity index (χ0n) is 18.4. The predicted molar refractivity (Wildman–Crippen MR) is 112 cm³/mol. The van der Waals surface area contributed by atoms with Gasteiger partial charge in [-0.3, -0.25) is 0 Å². The van der Waals surface area contributed by atoms with E-state index in [1.54, 1.807) is 13.2 Å². The topological polar surface area (TPSA) is 68.3 Å². The van der Waals surface area contributed by atoms with Gasteiger partial charge >= 0.3 is 7.12 Å². The van der Waals surface area contributed by atoms with Crippen molar-refractivity contribution < 1.29 is 28.3 Å². The zero-order valence-corrected chi connectivity index (χ0v) is 18.4. The standard InChI is InChI=1S/C22H28BNO6/c1-14-8-7-9-17(24-14)28-16-11-10-15(23-29-21(2,3)22(4,5)30-23)18(19(16)25-6)20-26-12-13-27-20/h7-11,20H,12-13H2,1-6H3. The molecule has 0 amide bonds. The molecule has 0 saturated carbocycles. The Balaban J connectivity index is 1.77. The van der Waals surface area contributed by atoms with Crippen molar-refractivity contribution in [3.05, 3.63) is 41.6 Å². The highest BCUT2D eigenvalue weighted by atomic mass is 16.7. The number of rotatable bonds is 5. The van der Waals surface area contributed by atoms with Crippen LogP contribution in [0, 0.1) is 6.92 Å². The molecule has 0 spiro atoms. The van der Waals surface area contributed by atoms with Crippen molar-refractivity contribution in [1.82, 2.24) is 4.98 Å². The number of nitrogens with zero attached hydrogens (tertiary/aromatic N) is 1. The molecule has 1 aromatic carbocycles. The lowest BCUT2D eigenvalue weighted by atomic mass is 9.75. The van der Waals surface area contributed by atoms with Gasteiger partial charge in [0.1, 0.15) is 0 Å². The van der Waals surface area contributed by atoms with Crippen molar-refractivity contribution >= 4 is 12.6 Å². The van der Waals surface area contributed by atoms with Crippen molar-refractivity contribution in [2.45, 2.75) is 52.1 Å². The number of hydrogen-bond donors (Lipinski definition) is 0. The summed E-state index contributed by atoms with van der Waals surface area (Å²) in [6.45, 7) is 11.0. The van der Waals surface area contributed by atoms with E-state index in [0.29, 0.717) is 36.2 Å². The molecule has 7 nitrogen and oxygen atoms in total. The van der Waals surface area contributed by atoms with Gasteiger partial charge < -0.3 is 28.3 Å². The molecule has 8 heteroatoms. The normalized spacial score (nSPS) is 20.5. The molecule has 0 unspecified atom stereocenters. The molecule has 2 saturated heterocycles. The molecule has 0 aliphatic carbocycles. The van der Waals surface area contributed by atoms with Gasteiger partial charge in [-0.25, -0.2) is 4.98 Å². The molecule has 30 heavy (non-hydrogen) atoms. The summed E-state index contributed by atoms with van der Waals surface area (Å²) in [5.41, 5.74) is 1.42. The van der Waals surface area contributed by atoms with Crippen LogP contribution in [-0.4, -0.2) is 43.6 Å². The van der Waals surface area contributed by atoms with E-state index in [-0.39, 0.29) is 0 Å². The van der Waals surface area contributed by atoms with Crippen molar-refractivity contribution in [1.29, 1.82) is 0 Å². The molecular formula is C22H28BNO6. The molecule has 2 fully saturated rings. The summed E-state index contributed by atoms with van der Waals surface area (Å²) in [6.07, 6.45) is -0.594. The maximum atomic E-state index is 6.28. The SMILES string of the molecule is COc1c(Oc2cccc(C)n2)ccc(B2OC(C)(C)C(C)(C)O2)c1C1OCCO1. The fourth-order valence-corrected chi connectivity index (χ4v) is 3.52. The van der Waals surface area contributed by atoms with E-state index in [0.717, 1.165) is 11.2 Å². The molecule has 2 aliphatic heterocycles. The van der Waals surface area contributed by atoms with Crippen molar-refractivity contribution in [2.75, 3.05) is 20.3 Å². The van der Waals surface area contributed by atoms with Gasteiger partial charge in [0.2, 0.25) is 5.88 Å². The van der Waals surface area contributed by atoms with Gasteiger partial charge in [-0.15, -0.1) is 0 Å². The van der Waals surface area contributed by atoms with E-state index in [4.69, 9.17) is 28.3 Å². The van der Waals surface area contributed by atoms with Crippen molar-refractivity contribution in [3.8, 4) is 17.4 Å². The predicted octanol–water partition coefficient (Wildman–Crippen LogP) is 3.54. The fraction of sp³-hybridized carbons (Fsp3) is 0.500. The monoisotopic (exact) mass is 413 g/mol. The highest BCUT2D eigenvalue weighted by Crippen LogP contribution is 2.42. The third-order valence-corrected chi connectivity index (χ3v) is 5.84. The summed E-state index contributed by atoms with van der Waals surface area (Å²) in [7, 11) is 1.01. The molecular weight excluding hydrogens is 385 g/mol. The Morgan fingerprint density at radius 3 is 2.27 bits per heavy atom. The van der Waals surface area contributed by atoms with Crippen LogP contribution >= 0.6 is 0 Å². The van der Waals surface area contributed by atoms with Crippen LogP contribution in [0.1, 0.15) is 45.2 Å². The van der Waals surface area contributed by atoms with E-state index in [1.807, 2.05) is 58.9 Å². The second kappa shape index (κ2) is 7.85. The van der Waals surface area contributed by atoms with Crippen LogP contribution in [0.15, 0.2) is 30.3 Å². The number of aromatic nitrogens is 1. The van der Waals surface area contributed by atoms with E-state index in [9.17, 15) is 0 Å². The van der Waals surface area contributed by atoms with Gasteiger partial charge in [-0.05, 0) is 52.2 Å². The van der Waals surface area contributed by atoms with Gasteiger partial charge in [0.15, 0.2) is 17.8 Å². The first-order chi connectivity index (χ1) is 14.2. The lowest BCUT2D eigenvalue weighted by molar-refractivity contribution is -0.0450. The van der Waals surface area contributed by atoms with E-state index < -0.39 is 24.6 Å². The van der Waals surface area contributed by atoms with Crippen LogP contribution in [0.25, 0.3) is 0 Å². The molecule has 2 aromatic rings. The molecule has 1 aromatic heterocycles. The van der Waals surface area contributed by atoms with Gasteiger partial charge in [0, 0.05) is 11.8 Å². The first-order valence-electron chi connectivity index (χ1n) is 10.1. The quantitative estimate of drug-likeness (QED) is 0.695. The van der Waals surface area contributed by atoms with E-state index >= 15 is 0 Å². The number of ether oxygens (including phenoxy) is 4. The second-order valence-corrected chi connectivity index (χ2v) is 8.48. The summed E-state index contributed by atoms with van der Waals surface area (Å²) in [6, 6.07) is 9.36. The maximum absolute atomic E-state index is 6.28. The van der Waals surface area contributed by atoms with Crippen LogP contribution in [0.2, 0.25) is 0 Å². The first kappa shape index (κ1) is 21.1. The molecule has 160 valence electrons. The molecule has 3 heterocycles. The number of methoxy groups -OCH3 is 1. The van der Waals surface area contributed by atoms with Gasteiger partial charge in [0.05, 0.1) is 37.1 Å². The van der Waals surface area contributed by atoms with Gasteiger partial charge in [0.25, 0.3) is 0 Å². The van der Waals surface area contributed by atoms with Gasteiger partial charge in [-0.1, -0.05) is 12.1 Å². The van der Waals surface area contributed by atoms with Crippen LogP contribution < -0.4 is 14.9 Å². The molecule has 0 N–H and O–H groups in total. The number of benzene rings is 1. The smallest absolute Gasteiger partial charge is 0.492 e. The van der Waals surface area contributed by atoms with E-state index in [2.05, 4.69) is 4.98 Å². The fourth-order valence-electron chi connectivity index (χ4n) is 3.52. The number of pyridine rings is 1. The maximum Gasteiger partial charge on any atom is 0.495 e. The summed E-state index contributed by atoms with van der Waals surface area (Å²) >= 11 is 0. The molecule has 2 aliphatic rings. The lowest BCUT2D eigenvalue weighted by Crippen LogP contribution is -2.41. The van der Waals surface area contributed by atoms with Crippen LogP contribution in [0.4, 0.5) is 0 Å². The zero-order chi connectivity index (χ0) is 21.5. The van der Waals surface area contributed by atoms with Crippen LogP contribution in [-0.2, 0) is 18.8 Å². The van der Waals surface area contributed by atoms with Crippen LogP contribution in [0.5, 0.6) is 17.4 Å². The average molecular weight is 413 g/mol. The minimum Gasteiger partial charge on any atom is -0.492 e. The summed E-state index contributed by atoms with van der Waals surface area (Å²) in [4.78, 5) is 4.42. The highest BCUT2D eigenvalue weighted by molar-refractivity contribution is 6.62. The molecule has 0 bridgehead atoms. The molecule has 0 atom stereocenters. The Morgan fingerprint density at radius 2 is 1.67 bits per heavy atom. The minimum atomic E-state index is -0.594. The first-order valence-corrected chi connectivity index (χ1v) is 10.1. The lowest BCUT2D eigenvalue weighted by Gasteiger charge is -2.32. The summed E-state index contributed by atoms with van der Waals surface area (Å²) in [5.74, 6) is 1.51. The van der Waals surface area contributed by atoms with Crippen LogP contribution in [0.3, 0.4) is 0 Å². The summed E-state index contributed by atoms with van der Waals surface area (Å²) < 4.78 is 36.0. The van der Waals surface area contributed by atoms with Crippen molar-refractivity contribution in [2.24, 2.45) is 0 Å². The second-order valence-electron chi connectivity index (χ2n) is 8.48. The Morgan fingerprint density at radius 1 is 1.00 bits per heavy atom. The molecule has 4 rings (SSSR count). The van der Waals surface area contributed by atoms with Crippen molar-refractivity contribution in [3.63, 3.8) is 0 Å². The Bertz CT molecular complexity index is 910. The molecule has 0 radical (unpaired) electrons. The van der Waals surface area contributed by atoms with Gasteiger partial charge in [-0.2, -0.15) is 0 Å². The number of aryl methyl sites for hydroxylation is 1. The number of hydrogen-bond acceptors (Lipinski definition) is 7. The Labute approximate surface area is 177 Å². The third kappa shape index (κ3) is 3.80. The average Bonchev–Trinajstić information content (AvgIpc) is 3.27.